The molecule has 0 aliphatic carbocycles. The minimum Gasteiger partial charge on any atom is -0.497 e. The summed E-state index contributed by atoms with van der Waals surface area (Å²) >= 11 is 1.17. The zero-order chi connectivity index (χ0) is 25.9. The number of aromatic nitrogens is 3. The normalized spacial score (nSPS) is 11.0. The zero-order valence-corrected chi connectivity index (χ0v) is 21.6. The molecule has 10 heteroatoms. The van der Waals surface area contributed by atoms with Crippen molar-refractivity contribution in [1.29, 1.82) is 0 Å². The van der Waals surface area contributed by atoms with E-state index in [1.165, 1.54) is 11.7 Å². The summed E-state index contributed by atoms with van der Waals surface area (Å²) in [5.74, 6) is 2.16. The van der Waals surface area contributed by atoms with Crippen molar-refractivity contribution >= 4 is 39.8 Å². The van der Waals surface area contributed by atoms with Gasteiger partial charge in [0.2, 0.25) is 5.88 Å². The van der Waals surface area contributed by atoms with Gasteiger partial charge in [0.1, 0.15) is 16.8 Å². The molecule has 0 radical (unpaired) electrons. The number of nitrogens with zero attached hydrogens (tertiary/aromatic N) is 3. The van der Waals surface area contributed by atoms with Crippen LogP contribution < -0.4 is 18.9 Å². The molecule has 0 bridgehead atoms. The molecule has 0 aliphatic heterocycles. The number of fused-ring (bicyclic) bond motifs is 2. The molecule has 5 aromatic rings. The second kappa shape index (κ2) is 10.4. The highest BCUT2D eigenvalue weighted by molar-refractivity contribution is 7.00. The highest BCUT2D eigenvalue weighted by atomic mass is 32.1. The van der Waals surface area contributed by atoms with Crippen molar-refractivity contribution in [2.24, 2.45) is 0 Å². The summed E-state index contributed by atoms with van der Waals surface area (Å²) in [7, 11) is 4.78. The molecule has 190 valence electrons. The van der Waals surface area contributed by atoms with Crippen molar-refractivity contribution in [3.8, 4) is 34.3 Å². The number of carbonyl (C=O) groups excluding carboxylic acids is 1. The van der Waals surface area contributed by atoms with Crippen molar-refractivity contribution in [2.75, 3.05) is 27.9 Å². The zero-order valence-electron chi connectivity index (χ0n) is 20.8. The Hall–Kier alpha value is -4.31. The fourth-order valence-corrected chi connectivity index (χ4v) is 4.80. The maximum Gasteiger partial charge on any atom is 0.515 e. The van der Waals surface area contributed by atoms with Crippen molar-refractivity contribution in [2.45, 2.75) is 13.5 Å². The number of carbonyl (C=O) groups is 1. The van der Waals surface area contributed by atoms with Crippen molar-refractivity contribution in [3.05, 3.63) is 60.2 Å². The van der Waals surface area contributed by atoms with Gasteiger partial charge in [-0.15, -0.1) is 0 Å². The maximum absolute atomic E-state index is 12.6. The summed E-state index contributed by atoms with van der Waals surface area (Å²) < 4.78 is 38.1. The second-order valence-electron chi connectivity index (χ2n) is 8.09. The van der Waals surface area contributed by atoms with Gasteiger partial charge in [-0.3, -0.25) is 0 Å². The average molecular weight is 520 g/mol. The van der Waals surface area contributed by atoms with E-state index >= 15 is 0 Å². The first kappa shape index (κ1) is 24.4. The third-order valence-corrected chi connectivity index (χ3v) is 6.56. The van der Waals surface area contributed by atoms with E-state index in [1.54, 1.807) is 28.3 Å². The predicted octanol–water partition coefficient (Wildman–Crippen LogP) is 5.92. The van der Waals surface area contributed by atoms with Crippen LogP contribution in [0.5, 0.6) is 23.1 Å². The Morgan fingerprint density at radius 1 is 0.892 bits per heavy atom. The second-order valence-corrected chi connectivity index (χ2v) is 8.62. The minimum atomic E-state index is -0.792. The van der Waals surface area contributed by atoms with Crippen molar-refractivity contribution in [1.82, 2.24) is 13.3 Å². The van der Waals surface area contributed by atoms with Crippen LogP contribution >= 0.6 is 11.7 Å². The van der Waals surface area contributed by atoms with Crippen LogP contribution in [0.25, 0.3) is 33.1 Å². The van der Waals surface area contributed by atoms with Gasteiger partial charge in [-0.05, 0) is 48.4 Å². The first-order valence-electron chi connectivity index (χ1n) is 11.5. The highest BCUT2D eigenvalue weighted by Crippen LogP contribution is 2.45. The van der Waals surface area contributed by atoms with Gasteiger partial charge in [0.05, 0.1) is 57.3 Å². The molecule has 9 nitrogen and oxygen atoms in total. The Bertz CT molecular complexity index is 1580. The van der Waals surface area contributed by atoms with Crippen LogP contribution in [0.1, 0.15) is 12.5 Å². The molecule has 3 aromatic carbocycles. The molecule has 0 aliphatic rings. The Kier molecular flexibility index (Phi) is 6.82. The summed E-state index contributed by atoms with van der Waals surface area (Å²) in [6, 6.07) is 17.2. The SMILES string of the molecule is CCOC(=O)Oc1c(-c2ccc(OC)cc2)c2cc(OC)c(OC)cc2n1Cc1ccc2nsnc2c1. The van der Waals surface area contributed by atoms with Gasteiger partial charge >= 0.3 is 6.16 Å². The van der Waals surface area contributed by atoms with Crippen LogP contribution in [0.15, 0.2) is 54.6 Å². The molecule has 0 unspecified atom stereocenters. The summed E-state index contributed by atoms with van der Waals surface area (Å²) in [6.07, 6.45) is -0.792. The van der Waals surface area contributed by atoms with Gasteiger partial charge in [0, 0.05) is 11.5 Å². The number of ether oxygens (including phenoxy) is 5. The third kappa shape index (κ3) is 4.63. The molecule has 0 saturated carbocycles. The fourth-order valence-electron chi connectivity index (χ4n) is 4.29. The molecule has 0 fully saturated rings. The molecule has 2 aromatic heterocycles. The molecular formula is C27H25N3O6S. The number of methoxy groups -OCH3 is 3. The fraction of sp³-hybridized carbons (Fsp3) is 0.222. The summed E-state index contributed by atoms with van der Waals surface area (Å²) in [5, 5.41) is 0.818. The van der Waals surface area contributed by atoms with Crippen LogP contribution in [0.2, 0.25) is 0 Å². The predicted molar refractivity (Wildman–Crippen MR) is 141 cm³/mol. The molecule has 0 amide bonds. The number of rotatable bonds is 8. The first-order valence-corrected chi connectivity index (χ1v) is 12.3. The van der Waals surface area contributed by atoms with Crippen LogP contribution in [0.3, 0.4) is 0 Å². The van der Waals surface area contributed by atoms with E-state index in [9.17, 15) is 4.79 Å². The van der Waals surface area contributed by atoms with Crippen LogP contribution in [-0.4, -0.2) is 47.4 Å². The van der Waals surface area contributed by atoms with Crippen LogP contribution in [0.4, 0.5) is 4.79 Å². The maximum atomic E-state index is 12.6. The molecule has 0 saturated heterocycles. The Morgan fingerprint density at radius 3 is 2.32 bits per heavy atom. The highest BCUT2D eigenvalue weighted by Gasteiger charge is 2.25. The van der Waals surface area contributed by atoms with Crippen LogP contribution in [-0.2, 0) is 11.3 Å². The molecule has 0 atom stereocenters. The molecule has 0 N–H and O–H groups in total. The van der Waals surface area contributed by atoms with Crippen LogP contribution in [0, 0.1) is 0 Å². The van der Waals surface area contributed by atoms with E-state index in [0.29, 0.717) is 35.2 Å². The van der Waals surface area contributed by atoms with Crippen molar-refractivity contribution in [3.63, 3.8) is 0 Å². The summed E-state index contributed by atoms with van der Waals surface area (Å²) in [4.78, 5) is 12.6. The van der Waals surface area contributed by atoms with Gasteiger partial charge in [-0.25, -0.2) is 4.79 Å². The van der Waals surface area contributed by atoms with Gasteiger partial charge in [-0.2, -0.15) is 8.75 Å². The Labute approximate surface area is 217 Å². The summed E-state index contributed by atoms with van der Waals surface area (Å²) in [6.45, 7) is 2.31. The Morgan fingerprint density at radius 2 is 1.62 bits per heavy atom. The van der Waals surface area contributed by atoms with E-state index in [2.05, 4.69) is 8.75 Å². The van der Waals surface area contributed by atoms with Gasteiger partial charge in [0.15, 0.2) is 11.5 Å². The van der Waals surface area contributed by atoms with E-state index in [-0.39, 0.29) is 6.61 Å². The van der Waals surface area contributed by atoms with E-state index in [1.807, 2.05) is 59.2 Å². The monoisotopic (exact) mass is 519 g/mol. The minimum absolute atomic E-state index is 0.187. The Balaban J connectivity index is 1.78. The number of hydrogen-bond donors (Lipinski definition) is 0. The lowest BCUT2D eigenvalue weighted by Crippen LogP contribution is -2.14. The molecule has 5 rings (SSSR count). The van der Waals surface area contributed by atoms with E-state index < -0.39 is 6.16 Å². The molecular weight excluding hydrogens is 494 g/mol. The molecule has 0 spiro atoms. The number of hydrogen-bond acceptors (Lipinski definition) is 9. The third-order valence-electron chi connectivity index (χ3n) is 6.00. The largest absolute Gasteiger partial charge is 0.515 e. The quantitative estimate of drug-likeness (QED) is 0.233. The lowest BCUT2D eigenvalue weighted by atomic mass is 10.0. The standard InChI is InChI=1S/C27H25N3O6S/c1-5-35-27(31)36-26-25(17-7-9-18(32-2)10-8-17)19-13-23(33-3)24(34-4)14-22(19)30(26)15-16-6-11-20-21(12-16)29-37-28-20/h6-14H,5,15H2,1-4H3. The van der Waals surface area contributed by atoms with Gasteiger partial charge in [-0.1, -0.05) is 18.2 Å². The topological polar surface area (TPSA) is 93.9 Å². The van der Waals surface area contributed by atoms with Gasteiger partial charge < -0.3 is 28.3 Å². The van der Waals surface area contributed by atoms with Gasteiger partial charge in [0.25, 0.3) is 0 Å². The lowest BCUT2D eigenvalue weighted by Gasteiger charge is -2.13. The molecule has 37 heavy (non-hydrogen) atoms. The smallest absolute Gasteiger partial charge is 0.497 e. The first-order chi connectivity index (χ1) is 18.1. The lowest BCUT2D eigenvalue weighted by molar-refractivity contribution is 0.101. The average Bonchev–Trinajstić information content (AvgIpc) is 3.50. The van der Waals surface area contributed by atoms with E-state index in [4.69, 9.17) is 23.7 Å². The summed E-state index contributed by atoms with van der Waals surface area (Å²) in [5.41, 5.74) is 4.93. The van der Waals surface area contributed by atoms with Crippen molar-refractivity contribution < 1.29 is 28.5 Å². The number of benzene rings is 3. The van der Waals surface area contributed by atoms with E-state index in [0.717, 1.165) is 33.1 Å². The molecule has 2 heterocycles.